The number of methoxy groups -OCH3 is 2. The molecule has 0 atom stereocenters. The molecule has 7 nitrogen and oxygen atoms in total. The summed E-state index contributed by atoms with van der Waals surface area (Å²) in [4.78, 5) is 17.0. The van der Waals surface area contributed by atoms with Crippen LogP contribution in [0.15, 0.2) is 61.7 Å². The first-order valence-corrected chi connectivity index (χ1v) is 11.5. The summed E-state index contributed by atoms with van der Waals surface area (Å²) in [5, 5.41) is 16.0. The molecular formula is C23H15BrClN3O4S. The number of nitrogens with one attached hydrogen (secondary N) is 1. The minimum atomic E-state index is -0.500. The van der Waals surface area contributed by atoms with Crippen LogP contribution in [0.2, 0.25) is 5.02 Å². The van der Waals surface area contributed by atoms with Crippen LogP contribution in [0.5, 0.6) is 11.5 Å². The maximum Gasteiger partial charge on any atom is 0.345 e. The first-order chi connectivity index (χ1) is 15.9. The van der Waals surface area contributed by atoms with Crippen LogP contribution in [0.4, 0.5) is 5.69 Å². The van der Waals surface area contributed by atoms with Crippen LogP contribution in [0, 0.1) is 11.3 Å². The first-order valence-electron chi connectivity index (χ1n) is 9.41. The number of hydrogen-bond donors (Lipinski definition) is 1. The molecule has 0 radical (unpaired) electrons. The highest BCUT2D eigenvalue weighted by atomic mass is 79.9. The summed E-state index contributed by atoms with van der Waals surface area (Å²) in [6.07, 6.45) is 1.51. The number of hydrogen-bond acceptors (Lipinski definition) is 8. The Hall–Kier alpha value is -3.32. The lowest BCUT2D eigenvalue weighted by Crippen LogP contribution is -2.03. The van der Waals surface area contributed by atoms with E-state index in [0.717, 1.165) is 9.86 Å². The highest BCUT2D eigenvalue weighted by Crippen LogP contribution is 2.36. The van der Waals surface area contributed by atoms with Gasteiger partial charge in [0, 0.05) is 33.6 Å². The SMILES string of the molecule is COc1cc(NC=C(C#N)c2nc(-c3cc4cc(Br)ccc4oc3=O)cs2)c(OC)cc1Cl. The van der Waals surface area contributed by atoms with Crippen molar-refractivity contribution in [3.05, 3.63) is 72.9 Å². The molecule has 1 N–H and O–H groups in total. The highest BCUT2D eigenvalue weighted by Gasteiger charge is 2.15. The van der Waals surface area contributed by atoms with Gasteiger partial charge in [0.1, 0.15) is 33.7 Å². The number of halogens is 2. The van der Waals surface area contributed by atoms with Crippen molar-refractivity contribution >= 4 is 61.1 Å². The lowest BCUT2D eigenvalue weighted by atomic mass is 10.1. The monoisotopic (exact) mass is 543 g/mol. The van der Waals surface area contributed by atoms with Gasteiger partial charge in [-0.05, 0) is 24.3 Å². The van der Waals surface area contributed by atoms with Gasteiger partial charge >= 0.3 is 5.63 Å². The number of allylic oxidation sites excluding steroid dienone is 1. The average Bonchev–Trinajstić information content (AvgIpc) is 3.29. The van der Waals surface area contributed by atoms with Gasteiger partial charge < -0.3 is 19.2 Å². The van der Waals surface area contributed by atoms with Gasteiger partial charge in [-0.25, -0.2) is 9.78 Å². The molecule has 2 aromatic carbocycles. The molecule has 0 bridgehead atoms. The molecule has 33 heavy (non-hydrogen) atoms. The molecule has 2 heterocycles. The Morgan fingerprint density at radius 3 is 2.76 bits per heavy atom. The molecule has 10 heteroatoms. The van der Waals surface area contributed by atoms with Gasteiger partial charge in [0.25, 0.3) is 0 Å². The Morgan fingerprint density at radius 2 is 2.03 bits per heavy atom. The van der Waals surface area contributed by atoms with Crippen molar-refractivity contribution < 1.29 is 13.9 Å². The van der Waals surface area contributed by atoms with Gasteiger partial charge in [-0.1, -0.05) is 27.5 Å². The fourth-order valence-electron chi connectivity index (χ4n) is 3.06. The third-order valence-electron chi connectivity index (χ3n) is 4.67. The maximum absolute atomic E-state index is 12.5. The van der Waals surface area contributed by atoms with Crippen molar-refractivity contribution in [1.29, 1.82) is 5.26 Å². The van der Waals surface area contributed by atoms with E-state index < -0.39 is 5.63 Å². The summed E-state index contributed by atoms with van der Waals surface area (Å²) >= 11 is 10.8. The predicted molar refractivity (Wildman–Crippen MR) is 133 cm³/mol. The van der Waals surface area contributed by atoms with E-state index in [2.05, 4.69) is 32.3 Å². The quantitative estimate of drug-likeness (QED) is 0.224. The average molecular weight is 545 g/mol. The minimum absolute atomic E-state index is 0.273. The summed E-state index contributed by atoms with van der Waals surface area (Å²) < 4.78 is 16.9. The van der Waals surface area contributed by atoms with Gasteiger partial charge in [-0.3, -0.25) is 0 Å². The van der Waals surface area contributed by atoms with E-state index in [1.807, 2.05) is 6.07 Å². The van der Waals surface area contributed by atoms with Gasteiger partial charge in [0.15, 0.2) is 0 Å². The number of nitrogens with zero attached hydrogens (tertiary/aromatic N) is 2. The second-order valence-electron chi connectivity index (χ2n) is 6.67. The van der Waals surface area contributed by atoms with Gasteiger partial charge in [0.2, 0.25) is 0 Å². The molecule has 0 aliphatic carbocycles. The van der Waals surface area contributed by atoms with Crippen molar-refractivity contribution in [3.63, 3.8) is 0 Å². The van der Waals surface area contributed by atoms with E-state index >= 15 is 0 Å². The van der Waals surface area contributed by atoms with E-state index in [0.29, 0.717) is 44.1 Å². The number of anilines is 1. The van der Waals surface area contributed by atoms with Crippen LogP contribution in [0.25, 0.3) is 27.8 Å². The van der Waals surface area contributed by atoms with Crippen LogP contribution >= 0.6 is 38.9 Å². The smallest absolute Gasteiger partial charge is 0.345 e. The molecule has 0 amide bonds. The molecule has 2 aromatic heterocycles. The number of nitriles is 1. The van der Waals surface area contributed by atoms with E-state index in [4.69, 9.17) is 25.5 Å². The Balaban J connectivity index is 1.67. The lowest BCUT2D eigenvalue weighted by molar-refractivity contribution is 0.405. The number of rotatable bonds is 6. The fraction of sp³-hybridized carbons (Fsp3) is 0.0870. The van der Waals surface area contributed by atoms with E-state index in [1.165, 1.54) is 31.8 Å². The van der Waals surface area contributed by atoms with E-state index in [-0.39, 0.29) is 5.57 Å². The third-order valence-corrected chi connectivity index (χ3v) is 6.34. The number of ether oxygens (including phenoxy) is 2. The van der Waals surface area contributed by atoms with Crippen molar-refractivity contribution in [1.82, 2.24) is 4.98 Å². The molecule has 0 fully saturated rings. The Labute approximate surface area is 206 Å². The van der Waals surface area contributed by atoms with Crippen molar-refractivity contribution in [3.8, 4) is 28.8 Å². The van der Waals surface area contributed by atoms with Gasteiger partial charge in [-0.15, -0.1) is 11.3 Å². The normalized spacial score (nSPS) is 11.3. The predicted octanol–water partition coefficient (Wildman–Crippen LogP) is 6.33. The zero-order chi connectivity index (χ0) is 23.5. The minimum Gasteiger partial charge on any atom is -0.495 e. The molecule has 0 spiro atoms. The molecular weight excluding hydrogens is 530 g/mol. The first kappa shape index (κ1) is 22.9. The molecule has 0 aliphatic heterocycles. The van der Waals surface area contributed by atoms with Crippen LogP contribution in [-0.2, 0) is 0 Å². The largest absolute Gasteiger partial charge is 0.495 e. The second-order valence-corrected chi connectivity index (χ2v) is 8.85. The Bertz CT molecular complexity index is 1490. The summed E-state index contributed by atoms with van der Waals surface area (Å²) in [6.45, 7) is 0. The molecule has 0 saturated heterocycles. The standard InChI is InChI=1S/C23H15BrClN3O4S/c1-30-20-8-17(21(31-2)7-16(20)25)27-10-13(9-26)22-28-18(11-33-22)15-6-12-5-14(24)3-4-19(12)32-23(15)29/h3-8,10-11,27H,1-2H3. The molecule has 0 unspecified atom stereocenters. The van der Waals surface area contributed by atoms with Crippen LogP contribution in [0.1, 0.15) is 5.01 Å². The Kier molecular flexibility index (Phi) is 6.70. The molecule has 4 rings (SSSR count). The lowest BCUT2D eigenvalue weighted by Gasteiger charge is -2.12. The van der Waals surface area contributed by atoms with Gasteiger partial charge in [-0.2, -0.15) is 5.26 Å². The fourth-order valence-corrected chi connectivity index (χ4v) is 4.45. The van der Waals surface area contributed by atoms with Gasteiger partial charge in [0.05, 0.1) is 36.2 Å². The maximum atomic E-state index is 12.5. The number of benzene rings is 2. The third kappa shape index (κ3) is 4.73. The van der Waals surface area contributed by atoms with Crippen molar-refractivity contribution in [2.24, 2.45) is 0 Å². The van der Waals surface area contributed by atoms with Crippen LogP contribution < -0.4 is 20.4 Å². The molecule has 4 aromatic rings. The number of fused-ring (bicyclic) bond motifs is 1. The zero-order valence-corrected chi connectivity index (χ0v) is 20.5. The number of thiazole rings is 1. The molecule has 166 valence electrons. The molecule has 0 saturated carbocycles. The highest BCUT2D eigenvalue weighted by molar-refractivity contribution is 9.10. The molecule has 0 aliphatic rings. The van der Waals surface area contributed by atoms with Crippen LogP contribution in [0.3, 0.4) is 0 Å². The van der Waals surface area contributed by atoms with Crippen LogP contribution in [-0.4, -0.2) is 19.2 Å². The summed E-state index contributed by atoms with van der Waals surface area (Å²) in [5.74, 6) is 0.937. The zero-order valence-electron chi connectivity index (χ0n) is 17.3. The van der Waals surface area contributed by atoms with Crippen molar-refractivity contribution in [2.45, 2.75) is 0 Å². The van der Waals surface area contributed by atoms with E-state index in [9.17, 15) is 10.1 Å². The van der Waals surface area contributed by atoms with E-state index in [1.54, 1.807) is 35.7 Å². The summed E-state index contributed by atoms with van der Waals surface area (Å²) in [6, 6.07) is 12.5. The second kappa shape index (κ2) is 9.67. The number of aromatic nitrogens is 1. The summed E-state index contributed by atoms with van der Waals surface area (Å²) in [7, 11) is 3.02. The Morgan fingerprint density at radius 1 is 1.24 bits per heavy atom. The summed E-state index contributed by atoms with van der Waals surface area (Å²) in [5.41, 5.74) is 1.56. The van der Waals surface area contributed by atoms with Crippen molar-refractivity contribution in [2.75, 3.05) is 19.5 Å². The topological polar surface area (TPSA) is 97.4 Å².